The van der Waals surface area contributed by atoms with Crippen molar-refractivity contribution in [2.24, 2.45) is 0 Å². The zero-order chi connectivity index (χ0) is 19.0. The fourth-order valence-electron chi connectivity index (χ4n) is 3.91. The Hall–Kier alpha value is -2.80. The molecule has 6 nitrogen and oxygen atoms in total. The van der Waals surface area contributed by atoms with E-state index in [0.717, 1.165) is 0 Å². The van der Waals surface area contributed by atoms with Gasteiger partial charge in [0, 0.05) is 18.4 Å². The molecule has 0 N–H and O–H groups in total. The molecule has 7 heteroatoms. The molecule has 4 rings (SSSR count). The van der Waals surface area contributed by atoms with Gasteiger partial charge >= 0.3 is 0 Å². The lowest BCUT2D eigenvalue weighted by molar-refractivity contribution is -0.149. The summed E-state index contributed by atoms with van der Waals surface area (Å²) >= 11 is 0. The number of carbonyl (C=O) groups excluding carboxylic acids is 2. The number of hydrogen-bond donors (Lipinski definition) is 0. The van der Waals surface area contributed by atoms with E-state index in [4.69, 9.17) is 4.74 Å². The Bertz CT molecular complexity index is 859. The number of morpholine rings is 1. The van der Waals surface area contributed by atoms with Gasteiger partial charge in [0.15, 0.2) is 0 Å². The van der Waals surface area contributed by atoms with Crippen molar-refractivity contribution in [2.75, 3.05) is 24.6 Å². The zero-order valence-electron chi connectivity index (χ0n) is 15.0. The van der Waals surface area contributed by atoms with E-state index in [2.05, 4.69) is 4.98 Å². The number of anilines is 1. The molecule has 2 saturated heterocycles. The van der Waals surface area contributed by atoms with Crippen LogP contribution in [0.2, 0.25) is 0 Å². The number of piperidine rings is 1. The summed E-state index contributed by atoms with van der Waals surface area (Å²) in [4.78, 5) is 32.8. The molecule has 3 heterocycles. The zero-order valence-corrected chi connectivity index (χ0v) is 15.0. The number of fused-ring (bicyclic) bond motifs is 1. The molecule has 0 unspecified atom stereocenters. The highest BCUT2D eigenvalue weighted by atomic mass is 19.1. The second kappa shape index (κ2) is 6.74. The first-order valence-electron chi connectivity index (χ1n) is 8.90. The molecule has 2 aliphatic rings. The summed E-state index contributed by atoms with van der Waals surface area (Å²) in [6, 6.07) is 10.9. The largest absolute Gasteiger partial charge is 0.361 e. The van der Waals surface area contributed by atoms with E-state index in [0.29, 0.717) is 30.9 Å². The first kappa shape index (κ1) is 17.6. The molecule has 2 aliphatic heterocycles. The second-order valence-corrected chi connectivity index (χ2v) is 7.09. The SMILES string of the molecule is C[C@@]12CN(C(=O)c3ccccn3)CC[C@H]1N(c1ccc(F)cc1)C(=O)CO2. The van der Waals surface area contributed by atoms with Crippen LogP contribution in [0, 0.1) is 5.82 Å². The normalized spacial score (nSPS) is 25.3. The smallest absolute Gasteiger partial charge is 0.272 e. The van der Waals surface area contributed by atoms with Gasteiger partial charge in [0.2, 0.25) is 0 Å². The van der Waals surface area contributed by atoms with Crippen LogP contribution in [-0.4, -0.2) is 53.0 Å². The molecule has 1 aromatic heterocycles. The number of nitrogens with zero attached hydrogens (tertiary/aromatic N) is 3. The fourth-order valence-corrected chi connectivity index (χ4v) is 3.91. The topological polar surface area (TPSA) is 62.7 Å². The fraction of sp³-hybridized carbons (Fsp3) is 0.350. The van der Waals surface area contributed by atoms with Crippen molar-refractivity contribution in [1.82, 2.24) is 9.88 Å². The van der Waals surface area contributed by atoms with Crippen LogP contribution in [-0.2, 0) is 9.53 Å². The van der Waals surface area contributed by atoms with Gasteiger partial charge in [-0.3, -0.25) is 14.6 Å². The minimum atomic E-state index is -0.703. The summed E-state index contributed by atoms with van der Waals surface area (Å²) in [5.74, 6) is -0.657. The molecular formula is C20H20FN3O3. The van der Waals surface area contributed by atoms with Gasteiger partial charge in [0.25, 0.3) is 11.8 Å². The van der Waals surface area contributed by atoms with Crippen molar-refractivity contribution < 1.29 is 18.7 Å². The van der Waals surface area contributed by atoms with Crippen LogP contribution in [0.4, 0.5) is 10.1 Å². The monoisotopic (exact) mass is 369 g/mol. The van der Waals surface area contributed by atoms with Crippen LogP contribution in [0.5, 0.6) is 0 Å². The van der Waals surface area contributed by atoms with Crippen molar-refractivity contribution in [3.05, 3.63) is 60.2 Å². The third-order valence-corrected chi connectivity index (χ3v) is 5.26. The first-order valence-corrected chi connectivity index (χ1v) is 8.90. The molecule has 0 radical (unpaired) electrons. The molecule has 0 saturated carbocycles. The van der Waals surface area contributed by atoms with Crippen LogP contribution in [0.25, 0.3) is 0 Å². The summed E-state index contributed by atoms with van der Waals surface area (Å²) in [6.45, 7) is 2.69. The second-order valence-electron chi connectivity index (χ2n) is 7.09. The maximum Gasteiger partial charge on any atom is 0.272 e. The molecule has 0 bridgehead atoms. The van der Waals surface area contributed by atoms with Gasteiger partial charge < -0.3 is 14.5 Å². The molecule has 2 fully saturated rings. The lowest BCUT2D eigenvalue weighted by Gasteiger charge is -2.52. The van der Waals surface area contributed by atoms with Crippen LogP contribution in [0.1, 0.15) is 23.8 Å². The average molecular weight is 369 g/mol. The number of benzene rings is 1. The van der Waals surface area contributed by atoms with Gasteiger partial charge in [0.1, 0.15) is 23.7 Å². The maximum absolute atomic E-state index is 13.3. The number of carbonyl (C=O) groups is 2. The van der Waals surface area contributed by atoms with Gasteiger partial charge in [-0.25, -0.2) is 4.39 Å². The van der Waals surface area contributed by atoms with Crippen LogP contribution < -0.4 is 4.90 Å². The van der Waals surface area contributed by atoms with E-state index in [-0.39, 0.29) is 30.3 Å². The lowest BCUT2D eigenvalue weighted by Crippen LogP contribution is -2.68. The predicted octanol–water partition coefficient (Wildman–Crippen LogP) is 2.26. The number of amides is 2. The minimum absolute atomic E-state index is 0.0734. The van der Waals surface area contributed by atoms with E-state index in [9.17, 15) is 14.0 Å². The molecule has 27 heavy (non-hydrogen) atoms. The Morgan fingerprint density at radius 1 is 1.26 bits per heavy atom. The molecule has 2 amide bonds. The number of pyridine rings is 1. The number of ether oxygens (including phenoxy) is 1. The summed E-state index contributed by atoms with van der Waals surface area (Å²) in [7, 11) is 0. The number of halogens is 1. The van der Waals surface area contributed by atoms with E-state index in [1.165, 1.54) is 12.1 Å². The third kappa shape index (κ3) is 3.19. The van der Waals surface area contributed by atoms with Gasteiger partial charge in [-0.1, -0.05) is 6.07 Å². The van der Waals surface area contributed by atoms with Crippen molar-refractivity contribution in [3.63, 3.8) is 0 Å². The number of likely N-dealkylation sites (tertiary alicyclic amines) is 1. The van der Waals surface area contributed by atoms with Gasteiger partial charge in [-0.15, -0.1) is 0 Å². The van der Waals surface area contributed by atoms with Gasteiger partial charge in [-0.2, -0.15) is 0 Å². The van der Waals surface area contributed by atoms with Crippen LogP contribution >= 0.6 is 0 Å². The highest BCUT2D eigenvalue weighted by Crippen LogP contribution is 2.36. The van der Waals surface area contributed by atoms with Gasteiger partial charge in [0.05, 0.1) is 12.6 Å². The molecular weight excluding hydrogens is 349 g/mol. The quantitative estimate of drug-likeness (QED) is 0.815. The summed E-state index contributed by atoms with van der Waals surface area (Å²) < 4.78 is 19.2. The Kier molecular flexibility index (Phi) is 4.39. The Morgan fingerprint density at radius 2 is 2.04 bits per heavy atom. The first-order chi connectivity index (χ1) is 13.0. The van der Waals surface area contributed by atoms with E-state index in [1.807, 2.05) is 6.92 Å². The number of rotatable bonds is 2. The molecule has 0 aliphatic carbocycles. The summed E-state index contributed by atoms with van der Waals surface area (Å²) in [6.07, 6.45) is 2.16. The summed E-state index contributed by atoms with van der Waals surface area (Å²) in [5, 5.41) is 0. The van der Waals surface area contributed by atoms with E-state index >= 15 is 0 Å². The maximum atomic E-state index is 13.3. The molecule has 1 aromatic carbocycles. The molecule has 140 valence electrons. The van der Waals surface area contributed by atoms with Crippen molar-refractivity contribution in [1.29, 1.82) is 0 Å². The number of aromatic nitrogens is 1. The molecule has 2 aromatic rings. The van der Waals surface area contributed by atoms with Crippen molar-refractivity contribution in [3.8, 4) is 0 Å². The highest BCUT2D eigenvalue weighted by Gasteiger charge is 2.50. The minimum Gasteiger partial charge on any atom is -0.361 e. The Morgan fingerprint density at radius 3 is 2.74 bits per heavy atom. The van der Waals surface area contributed by atoms with Crippen LogP contribution in [0.3, 0.4) is 0 Å². The van der Waals surface area contributed by atoms with Gasteiger partial charge in [-0.05, 0) is 49.7 Å². The highest BCUT2D eigenvalue weighted by molar-refractivity contribution is 5.96. The molecule has 0 spiro atoms. The Balaban J connectivity index is 1.59. The predicted molar refractivity (Wildman–Crippen MR) is 96.8 cm³/mol. The van der Waals surface area contributed by atoms with E-state index in [1.54, 1.807) is 46.3 Å². The van der Waals surface area contributed by atoms with Crippen molar-refractivity contribution in [2.45, 2.75) is 25.0 Å². The number of hydrogen-bond acceptors (Lipinski definition) is 4. The average Bonchev–Trinajstić information content (AvgIpc) is 2.69. The summed E-state index contributed by atoms with van der Waals surface area (Å²) in [5.41, 5.74) is 0.331. The van der Waals surface area contributed by atoms with E-state index < -0.39 is 5.60 Å². The lowest BCUT2D eigenvalue weighted by atomic mass is 9.85. The Labute approximate surface area is 156 Å². The van der Waals surface area contributed by atoms with Crippen molar-refractivity contribution >= 4 is 17.5 Å². The third-order valence-electron chi connectivity index (χ3n) is 5.26. The standard InChI is InChI=1S/C20H20FN3O3/c1-20-13-23(19(26)16-4-2-3-10-22-16)11-9-17(20)24(18(25)12-27-20)15-7-5-14(21)6-8-15/h2-8,10,17H,9,11-13H2,1H3/t17-,20-/m1/s1. The van der Waals surface area contributed by atoms with Crippen LogP contribution in [0.15, 0.2) is 48.7 Å². The molecule has 2 atom stereocenters.